The van der Waals surface area contributed by atoms with Gasteiger partial charge in [0, 0.05) is 4.88 Å². The fraction of sp³-hybridized carbons (Fsp3) is 0.368. The smallest absolute Gasteiger partial charge is 0.348 e. The molecule has 0 fully saturated rings. The predicted molar refractivity (Wildman–Crippen MR) is 98.9 cm³/mol. The summed E-state index contributed by atoms with van der Waals surface area (Å²) in [6.07, 6.45) is 4.66. The van der Waals surface area contributed by atoms with Gasteiger partial charge in [0.25, 0.3) is 0 Å². The molecule has 0 unspecified atom stereocenters. The van der Waals surface area contributed by atoms with Crippen LogP contribution in [0.2, 0.25) is 0 Å². The Labute approximate surface area is 149 Å². The largest absolute Gasteiger partial charge is 0.454 e. The first-order valence-corrected chi connectivity index (χ1v) is 9.99. The number of fused-ring (bicyclic) bond motifs is 2. The van der Waals surface area contributed by atoms with Crippen LogP contribution in [-0.2, 0) is 24.2 Å². The van der Waals surface area contributed by atoms with Crippen molar-refractivity contribution >= 4 is 38.9 Å². The number of hydrogen-bond donors (Lipinski definition) is 0. The lowest BCUT2D eigenvalue weighted by Crippen LogP contribution is -2.10. The molecule has 1 aliphatic carbocycles. The summed E-state index contributed by atoms with van der Waals surface area (Å²) in [5, 5.41) is 0.844. The van der Waals surface area contributed by atoms with Crippen LogP contribution in [0.1, 0.15) is 44.9 Å². The first-order chi connectivity index (χ1) is 11.7. The lowest BCUT2D eigenvalue weighted by molar-refractivity contribution is 0.0478. The van der Waals surface area contributed by atoms with E-state index in [9.17, 15) is 4.79 Å². The van der Waals surface area contributed by atoms with Crippen molar-refractivity contribution in [3.05, 3.63) is 50.7 Å². The lowest BCUT2D eigenvalue weighted by atomic mass is 9.87. The van der Waals surface area contributed by atoms with E-state index in [2.05, 4.69) is 11.9 Å². The summed E-state index contributed by atoms with van der Waals surface area (Å²) in [5.74, 6) is 0.542. The molecule has 3 aromatic rings. The Morgan fingerprint density at radius 2 is 2.21 bits per heavy atom. The van der Waals surface area contributed by atoms with Gasteiger partial charge >= 0.3 is 5.97 Å². The Morgan fingerprint density at radius 3 is 3.04 bits per heavy atom. The number of benzene rings is 1. The second-order valence-electron chi connectivity index (χ2n) is 6.23. The van der Waals surface area contributed by atoms with Crippen molar-refractivity contribution in [1.82, 2.24) is 4.98 Å². The average Bonchev–Trinajstić information content (AvgIpc) is 3.22. The van der Waals surface area contributed by atoms with Gasteiger partial charge in [-0.15, -0.1) is 22.7 Å². The average molecular weight is 358 g/mol. The number of thiazole rings is 1. The van der Waals surface area contributed by atoms with Crippen molar-refractivity contribution in [2.24, 2.45) is 5.92 Å². The third-order valence-corrected chi connectivity index (χ3v) is 6.86. The van der Waals surface area contributed by atoms with E-state index in [4.69, 9.17) is 4.74 Å². The molecule has 1 aliphatic rings. The number of nitrogens with zero attached hydrogens (tertiary/aromatic N) is 1. The van der Waals surface area contributed by atoms with Crippen molar-refractivity contribution in [2.45, 2.75) is 39.2 Å². The quantitative estimate of drug-likeness (QED) is 0.600. The fourth-order valence-corrected chi connectivity index (χ4v) is 5.21. The van der Waals surface area contributed by atoms with E-state index in [1.165, 1.54) is 23.3 Å². The first-order valence-electron chi connectivity index (χ1n) is 8.36. The van der Waals surface area contributed by atoms with Gasteiger partial charge in [0.05, 0.1) is 10.2 Å². The van der Waals surface area contributed by atoms with Gasteiger partial charge in [0.1, 0.15) is 16.5 Å². The number of thiophene rings is 1. The predicted octanol–water partition coefficient (Wildman–Crippen LogP) is 5.23. The molecule has 1 aromatic carbocycles. The molecule has 0 saturated carbocycles. The minimum absolute atomic E-state index is 0.221. The van der Waals surface area contributed by atoms with Crippen LogP contribution in [0.4, 0.5) is 0 Å². The molecule has 124 valence electrons. The third-order valence-electron chi connectivity index (χ3n) is 4.63. The lowest BCUT2D eigenvalue weighted by Gasteiger charge is -2.19. The monoisotopic (exact) mass is 357 g/mol. The van der Waals surface area contributed by atoms with Crippen molar-refractivity contribution < 1.29 is 9.53 Å². The molecule has 2 heterocycles. The molecule has 2 aromatic heterocycles. The van der Waals surface area contributed by atoms with Crippen LogP contribution in [0.3, 0.4) is 0 Å². The number of para-hydroxylation sites is 1. The van der Waals surface area contributed by atoms with Gasteiger partial charge in [-0.1, -0.05) is 25.5 Å². The van der Waals surface area contributed by atoms with Gasteiger partial charge in [0.2, 0.25) is 0 Å². The number of hydrogen-bond acceptors (Lipinski definition) is 5. The molecule has 0 bridgehead atoms. The van der Waals surface area contributed by atoms with Gasteiger partial charge in [-0.3, -0.25) is 0 Å². The van der Waals surface area contributed by atoms with Crippen LogP contribution in [0, 0.1) is 5.92 Å². The Balaban J connectivity index is 1.44. The number of rotatable bonds is 4. The van der Waals surface area contributed by atoms with Crippen molar-refractivity contribution in [1.29, 1.82) is 0 Å². The first kappa shape index (κ1) is 15.8. The Kier molecular flexibility index (Phi) is 4.37. The minimum atomic E-state index is -0.221. The zero-order valence-electron chi connectivity index (χ0n) is 13.6. The summed E-state index contributed by atoms with van der Waals surface area (Å²) >= 11 is 3.18. The number of ether oxygens (including phenoxy) is 1. The molecule has 24 heavy (non-hydrogen) atoms. The molecule has 0 N–H and O–H groups in total. The van der Waals surface area contributed by atoms with Crippen LogP contribution in [0.25, 0.3) is 10.2 Å². The second kappa shape index (κ2) is 6.65. The number of carbonyl (C=O) groups excluding carboxylic acids is 1. The zero-order valence-corrected chi connectivity index (χ0v) is 15.2. The van der Waals surface area contributed by atoms with Crippen molar-refractivity contribution in [3.8, 4) is 0 Å². The topological polar surface area (TPSA) is 39.2 Å². The Bertz CT molecular complexity index is 848. The molecule has 5 heteroatoms. The highest BCUT2D eigenvalue weighted by Crippen LogP contribution is 2.34. The maximum atomic E-state index is 12.4. The van der Waals surface area contributed by atoms with Gasteiger partial charge in [0.15, 0.2) is 0 Å². The van der Waals surface area contributed by atoms with E-state index < -0.39 is 0 Å². The number of aryl methyl sites for hydroxylation is 1. The molecule has 0 saturated heterocycles. The van der Waals surface area contributed by atoms with Gasteiger partial charge in [-0.25, -0.2) is 9.78 Å². The summed E-state index contributed by atoms with van der Waals surface area (Å²) in [4.78, 5) is 19.0. The van der Waals surface area contributed by atoms with Crippen LogP contribution in [0.15, 0.2) is 30.3 Å². The molecule has 0 radical (unpaired) electrons. The van der Waals surface area contributed by atoms with E-state index in [0.29, 0.717) is 0 Å². The zero-order chi connectivity index (χ0) is 16.5. The molecule has 0 amide bonds. The van der Waals surface area contributed by atoms with Crippen LogP contribution in [-0.4, -0.2) is 11.0 Å². The van der Waals surface area contributed by atoms with E-state index in [-0.39, 0.29) is 12.6 Å². The van der Waals surface area contributed by atoms with E-state index in [1.807, 2.05) is 30.3 Å². The molecular weight excluding hydrogens is 338 g/mol. The second-order valence-corrected chi connectivity index (χ2v) is 8.48. The molecule has 4 rings (SSSR count). The van der Waals surface area contributed by atoms with Crippen molar-refractivity contribution in [3.63, 3.8) is 0 Å². The van der Waals surface area contributed by atoms with E-state index in [0.717, 1.165) is 38.9 Å². The Hall–Kier alpha value is -1.72. The maximum absolute atomic E-state index is 12.4. The van der Waals surface area contributed by atoms with E-state index >= 15 is 0 Å². The number of esters is 1. The maximum Gasteiger partial charge on any atom is 0.348 e. The van der Waals surface area contributed by atoms with Crippen LogP contribution >= 0.6 is 22.7 Å². The van der Waals surface area contributed by atoms with Crippen LogP contribution < -0.4 is 0 Å². The van der Waals surface area contributed by atoms with Crippen molar-refractivity contribution in [2.75, 3.05) is 0 Å². The highest BCUT2D eigenvalue weighted by molar-refractivity contribution is 7.18. The summed E-state index contributed by atoms with van der Waals surface area (Å²) in [6.45, 7) is 2.49. The molecule has 0 aliphatic heterocycles. The highest BCUT2D eigenvalue weighted by atomic mass is 32.1. The standard InChI is InChI=1S/C19H19NO2S2/c1-2-12-7-8-15-13(9-12)10-17(23-15)19(21)22-11-18-20-14-5-3-4-6-16(14)24-18/h3-6,10,12H,2,7-9,11H2,1H3/t12-/m1/s1. The summed E-state index contributed by atoms with van der Waals surface area (Å²) < 4.78 is 6.62. The third kappa shape index (κ3) is 3.10. The van der Waals surface area contributed by atoms with Crippen LogP contribution in [0.5, 0.6) is 0 Å². The summed E-state index contributed by atoms with van der Waals surface area (Å²) in [5.41, 5.74) is 2.32. The van der Waals surface area contributed by atoms with E-state index in [1.54, 1.807) is 22.7 Å². The normalized spacial score (nSPS) is 17.0. The summed E-state index contributed by atoms with van der Waals surface area (Å²) in [7, 11) is 0. The summed E-state index contributed by atoms with van der Waals surface area (Å²) in [6, 6.07) is 10.0. The minimum Gasteiger partial charge on any atom is -0.454 e. The molecule has 1 atom stereocenters. The molecular formula is C19H19NO2S2. The number of aromatic nitrogens is 1. The van der Waals surface area contributed by atoms with Gasteiger partial charge in [-0.2, -0.15) is 0 Å². The Morgan fingerprint density at radius 1 is 1.33 bits per heavy atom. The molecule has 0 spiro atoms. The fourth-order valence-electron chi connectivity index (χ4n) is 3.23. The highest BCUT2D eigenvalue weighted by Gasteiger charge is 2.22. The number of carbonyl (C=O) groups is 1. The van der Waals surface area contributed by atoms with Gasteiger partial charge in [-0.05, 0) is 48.9 Å². The molecule has 3 nitrogen and oxygen atoms in total. The SMILES string of the molecule is CC[C@@H]1CCc2sc(C(=O)OCc3nc4ccccc4s3)cc2C1. The van der Waals surface area contributed by atoms with Gasteiger partial charge < -0.3 is 4.74 Å².